The molecule has 0 unspecified atom stereocenters. The highest BCUT2D eigenvalue weighted by molar-refractivity contribution is 5.18. The fraction of sp³-hybridized carbons (Fsp3) is 0.400. The van der Waals surface area contributed by atoms with Crippen molar-refractivity contribution in [3.05, 3.63) is 35.9 Å². The third-order valence-corrected chi connectivity index (χ3v) is 1.75. The SMILES string of the molecule is [2H][C@@](C)(CCO)c1ccccc1. The molecule has 0 aliphatic heterocycles. The largest absolute Gasteiger partial charge is 0.396 e. The Kier molecular flexibility index (Phi) is 2.58. The maximum atomic E-state index is 8.74. The van der Waals surface area contributed by atoms with Crippen molar-refractivity contribution in [2.24, 2.45) is 0 Å². The predicted molar refractivity (Wildman–Crippen MR) is 46.6 cm³/mol. The summed E-state index contributed by atoms with van der Waals surface area (Å²) in [6.07, 6.45) is 0.483. The van der Waals surface area contributed by atoms with Gasteiger partial charge >= 0.3 is 0 Å². The van der Waals surface area contributed by atoms with Crippen LogP contribution in [0.5, 0.6) is 0 Å². The van der Waals surface area contributed by atoms with Gasteiger partial charge in [0.05, 0.1) is 0 Å². The van der Waals surface area contributed by atoms with Gasteiger partial charge in [0.15, 0.2) is 0 Å². The molecule has 1 aromatic rings. The number of aliphatic hydroxyl groups is 1. The first-order valence-corrected chi connectivity index (χ1v) is 3.83. The highest BCUT2D eigenvalue weighted by Crippen LogP contribution is 2.17. The van der Waals surface area contributed by atoms with E-state index >= 15 is 0 Å². The molecule has 0 amide bonds. The van der Waals surface area contributed by atoms with E-state index in [4.69, 9.17) is 6.48 Å². The molecule has 1 rings (SSSR count). The van der Waals surface area contributed by atoms with E-state index in [0.717, 1.165) is 5.56 Å². The van der Waals surface area contributed by atoms with Crippen LogP contribution in [0, 0.1) is 0 Å². The topological polar surface area (TPSA) is 20.2 Å². The Balaban J connectivity index is 2.82. The van der Waals surface area contributed by atoms with Gasteiger partial charge in [0, 0.05) is 7.98 Å². The zero-order valence-electron chi connectivity index (χ0n) is 7.75. The van der Waals surface area contributed by atoms with Crippen LogP contribution in [0.3, 0.4) is 0 Å². The Hall–Kier alpha value is -0.820. The number of aliphatic hydroxyl groups excluding tert-OH is 1. The number of rotatable bonds is 3. The molecular formula is C10H14O. The summed E-state index contributed by atoms with van der Waals surface area (Å²) >= 11 is 0. The van der Waals surface area contributed by atoms with Gasteiger partial charge in [-0.05, 0) is 17.9 Å². The van der Waals surface area contributed by atoms with Crippen LogP contribution in [-0.2, 0) is 0 Å². The van der Waals surface area contributed by atoms with Gasteiger partial charge in [-0.25, -0.2) is 0 Å². The van der Waals surface area contributed by atoms with Crippen LogP contribution in [0.15, 0.2) is 30.3 Å². The minimum atomic E-state index is -0.657. The molecule has 0 aliphatic rings. The van der Waals surface area contributed by atoms with Crippen molar-refractivity contribution in [1.82, 2.24) is 0 Å². The Labute approximate surface area is 69.1 Å². The van der Waals surface area contributed by atoms with Crippen molar-refractivity contribution in [1.29, 1.82) is 0 Å². The Morgan fingerprint density at radius 3 is 2.64 bits per heavy atom. The minimum Gasteiger partial charge on any atom is -0.396 e. The molecule has 11 heavy (non-hydrogen) atoms. The third kappa shape index (κ3) is 2.35. The first-order chi connectivity index (χ1) is 5.67. The molecule has 0 saturated carbocycles. The summed E-state index contributed by atoms with van der Waals surface area (Å²) in [7, 11) is 0. The Morgan fingerprint density at radius 2 is 2.09 bits per heavy atom. The molecule has 1 aromatic carbocycles. The lowest BCUT2D eigenvalue weighted by Gasteiger charge is -2.08. The second kappa shape index (κ2) is 4.14. The number of benzene rings is 1. The van der Waals surface area contributed by atoms with Gasteiger partial charge in [0.2, 0.25) is 0 Å². The molecular weight excluding hydrogens is 136 g/mol. The van der Waals surface area contributed by atoms with Crippen molar-refractivity contribution in [2.45, 2.75) is 19.2 Å². The molecule has 0 spiro atoms. The van der Waals surface area contributed by atoms with Crippen LogP contribution < -0.4 is 0 Å². The van der Waals surface area contributed by atoms with Crippen molar-refractivity contribution in [3.8, 4) is 0 Å². The molecule has 0 bridgehead atoms. The number of hydrogen-bond donors (Lipinski definition) is 1. The van der Waals surface area contributed by atoms with Gasteiger partial charge in [0.25, 0.3) is 0 Å². The summed E-state index contributed by atoms with van der Waals surface area (Å²) in [5, 5.41) is 8.74. The zero-order chi connectivity index (χ0) is 9.03. The van der Waals surface area contributed by atoms with Crippen LogP contribution >= 0.6 is 0 Å². The highest BCUT2D eigenvalue weighted by atomic mass is 16.3. The van der Waals surface area contributed by atoms with E-state index in [1.807, 2.05) is 37.3 Å². The van der Waals surface area contributed by atoms with Crippen LogP contribution in [0.25, 0.3) is 0 Å². The second-order valence-electron chi connectivity index (χ2n) is 2.62. The third-order valence-electron chi connectivity index (χ3n) is 1.75. The molecule has 1 atom stereocenters. The van der Waals surface area contributed by atoms with Gasteiger partial charge in [-0.1, -0.05) is 37.3 Å². The van der Waals surface area contributed by atoms with Gasteiger partial charge in [-0.3, -0.25) is 0 Å². The van der Waals surface area contributed by atoms with E-state index < -0.39 is 5.89 Å². The monoisotopic (exact) mass is 151 g/mol. The maximum absolute atomic E-state index is 8.74. The van der Waals surface area contributed by atoms with Gasteiger partial charge < -0.3 is 5.11 Å². The fourth-order valence-electron chi connectivity index (χ4n) is 1.03. The zero-order valence-corrected chi connectivity index (χ0v) is 6.75. The summed E-state index contributed by atoms with van der Waals surface area (Å²) in [6.45, 7) is 1.88. The van der Waals surface area contributed by atoms with E-state index in [2.05, 4.69) is 0 Å². The van der Waals surface area contributed by atoms with E-state index in [-0.39, 0.29) is 6.61 Å². The summed E-state index contributed by atoms with van der Waals surface area (Å²) < 4.78 is 7.91. The molecule has 60 valence electrons. The molecule has 1 nitrogen and oxygen atoms in total. The maximum Gasteiger partial charge on any atom is 0.0436 e. The van der Waals surface area contributed by atoms with Gasteiger partial charge in [0.1, 0.15) is 0 Å². The molecule has 0 radical (unpaired) electrons. The Bertz CT molecular complexity index is 231. The van der Waals surface area contributed by atoms with E-state index in [9.17, 15) is 0 Å². The minimum absolute atomic E-state index is 0.0644. The summed E-state index contributed by atoms with van der Waals surface area (Å²) in [4.78, 5) is 0. The molecule has 0 heterocycles. The lowest BCUT2D eigenvalue weighted by molar-refractivity contribution is 0.278. The Morgan fingerprint density at radius 1 is 1.45 bits per heavy atom. The lowest BCUT2D eigenvalue weighted by atomic mass is 9.99. The standard InChI is InChI=1S/C10H14O/c1-9(7-8-11)10-5-3-2-4-6-10/h2-6,9,11H,7-8H2,1H3/t9-/m1/s1/i9D. The molecule has 0 fully saturated rings. The van der Waals surface area contributed by atoms with Crippen LogP contribution in [0.2, 0.25) is 0 Å². The number of hydrogen-bond acceptors (Lipinski definition) is 1. The van der Waals surface area contributed by atoms with Crippen molar-refractivity contribution < 1.29 is 6.48 Å². The second-order valence-corrected chi connectivity index (χ2v) is 2.62. The molecule has 1 heteroatoms. The molecule has 1 N–H and O–H groups in total. The quantitative estimate of drug-likeness (QED) is 0.702. The van der Waals surface area contributed by atoms with Crippen LogP contribution in [-0.4, -0.2) is 11.7 Å². The fourth-order valence-corrected chi connectivity index (χ4v) is 1.03. The first-order valence-electron chi connectivity index (χ1n) is 4.33. The molecule has 0 aromatic heterocycles. The van der Waals surface area contributed by atoms with Crippen molar-refractivity contribution in [2.75, 3.05) is 6.61 Å². The van der Waals surface area contributed by atoms with E-state index in [0.29, 0.717) is 6.42 Å². The summed E-state index contributed by atoms with van der Waals surface area (Å²) in [5.41, 5.74) is 0.957. The van der Waals surface area contributed by atoms with Gasteiger partial charge in [-0.2, -0.15) is 0 Å². The van der Waals surface area contributed by atoms with Crippen LogP contribution in [0.4, 0.5) is 0 Å². The molecule has 0 aliphatic carbocycles. The molecule has 0 saturated heterocycles. The van der Waals surface area contributed by atoms with Crippen LogP contribution in [0.1, 0.15) is 26.2 Å². The normalized spacial score (nSPS) is 17.1. The highest BCUT2D eigenvalue weighted by Gasteiger charge is 2.01. The predicted octanol–water partition coefficient (Wildman–Crippen LogP) is 2.17. The summed E-state index contributed by atoms with van der Waals surface area (Å²) in [5.74, 6) is -0.657. The van der Waals surface area contributed by atoms with Crippen molar-refractivity contribution in [3.63, 3.8) is 0 Å². The first kappa shape index (κ1) is 6.86. The summed E-state index contributed by atoms with van der Waals surface area (Å²) in [6, 6.07) is 9.60. The van der Waals surface area contributed by atoms with Gasteiger partial charge in [-0.15, -0.1) is 0 Å². The average Bonchev–Trinajstić information content (AvgIpc) is 2.06. The smallest absolute Gasteiger partial charge is 0.0436 e. The lowest BCUT2D eigenvalue weighted by Crippen LogP contribution is -1.95. The van der Waals surface area contributed by atoms with E-state index in [1.165, 1.54) is 0 Å². The van der Waals surface area contributed by atoms with Crippen molar-refractivity contribution >= 4 is 0 Å². The van der Waals surface area contributed by atoms with E-state index in [1.54, 1.807) is 0 Å². The average molecular weight is 151 g/mol.